The summed E-state index contributed by atoms with van der Waals surface area (Å²) >= 11 is 5.91. The van der Waals surface area contributed by atoms with Crippen LogP contribution in [0.15, 0.2) is 48.5 Å². The molecular formula is C19H16ClN3O4. The second-order valence-corrected chi connectivity index (χ2v) is 6.49. The lowest BCUT2D eigenvalue weighted by atomic mass is 10.2. The number of carbonyl (C=O) groups is 4. The van der Waals surface area contributed by atoms with Crippen molar-refractivity contribution in [3.05, 3.63) is 64.7 Å². The van der Waals surface area contributed by atoms with Crippen LogP contribution in [0.5, 0.6) is 0 Å². The average molecular weight is 386 g/mol. The normalized spacial score (nSPS) is 14.1. The van der Waals surface area contributed by atoms with E-state index in [-0.39, 0.29) is 6.54 Å². The van der Waals surface area contributed by atoms with Gasteiger partial charge in [0.2, 0.25) is 5.91 Å². The second kappa shape index (κ2) is 7.59. The van der Waals surface area contributed by atoms with Crippen molar-refractivity contribution in [3.8, 4) is 0 Å². The summed E-state index contributed by atoms with van der Waals surface area (Å²) in [5, 5.41) is 3.04. The Bertz CT molecular complexity index is 930. The molecule has 0 aliphatic carbocycles. The summed E-state index contributed by atoms with van der Waals surface area (Å²) in [6.45, 7) is 1.19. The number of hydrogen-bond donors (Lipinski definition) is 1. The molecule has 8 heteroatoms. The van der Waals surface area contributed by atoms with Crippen LogP contribution in [-0.4, -0.2) is 40.1 Å². The van der Waals surface area contributed by atoms with E-state index in [1.54, 1.807) is 55.5 Å². The van der Waals surface area contributed by atoms with Gasteiger partial charge in [-0.1, -0.05) is 48.0 Å². The number of hydrogen-bond acceptors (Lipinski definition) is 4. The van der Waals surface area contributed by atoms with Crippen LogP contribution in [0, 0.1) is 6.92 Å². The first-order valence-corrected chi connectivity index (χ1v) is 8.52. The smallest absolute Gasteiger partial charge is 0.324 e. The van der Waals surface area contributed by atoms with Gasteiger partial charge in [0.1, 0.15) is 6.54 Å². The minimum atomic E-state index is -1.02. The van der Waals surface area contributed by atoms with Crippen molar-refractivity contribution in [3.63, 3.8) is 0 Å². The minimum absolute atomic E-state index is 0.0320. The van der Waals surface area contributed by atoms with Gasteiger partial charge in [-0.05, 0) is 30.2 Å². The highest BCUT2D eigenvalue weighted by Crippen LogP contribution is 2.21. The van der Waals surface area contributed by atoms with Crippen LogP contribution >= 0.6 is 11.6 Å². The van der Waals surface area contributed by atoms with Crippen LogP contribution in [0.25, 0.3) is 0 Å². The Hall–Kier alpha value is -3.19. The van der Waals surface area contributed by atoms with Gasteiger partial charge >= 0.3 is 17.8 Å². The average Bonchev–Trinajstić information content (AvgIpc) is 2.84. The molecule has 138 valence electrons. The number of urea groups is 1. The number of carbonyl (C=O) groups excluding carboxylic acids is 4. The van der Waals surface area contributed by atoms with E-state index in [0.29, 0.717) is 21.2 Å². The van der Waals surface area contributed by atoms with Gasteiger partial charge in [-0.2, -0.15) is 0 Å². The van der Waals surface area contributed by atoms with Crippen molar-refractivity contribution in [1.29, 1.82) is 0 Å². The summed E-state index contributed by atoms with van der Waals surface area (Å²) in [5.74, 6) is -2.57. The maximum atomic E-state index is 12.4. The molecule has 0 bridgehead atoms. The predicted octanol–water partition coefficient (Wildman–Crippen LogP) is 2.58. The molecule has 0 spiro atoms. The molecule has 0 aromatic heterocycles. The van der Waals surface area contributed by atoms with E-state index in [1.807, 2.05) is 0 Å². The summed E-state index contributed by atoms with van der Waals surface area (Å²) in [4.78, 5) is 50.5. The van der Waals surface area contributed by atoms with Crippen LogP contribution in [0.3, 0.4) is 0 Å². The number of halogens is 1. The van der Waals surface area contributed by atoms with Crippen LogP contribution in [-0.2, 0) is 20.9 Å². The second-order valence-electron chi connectivity index (χ2n) is 6.06. The SMILES string of the molecule is Cc1ccc(Cl)cc1NC(=O)CN1C(=O)C(=O)N(Cc2ccccc2)C1=O. The maximum Gasteiger partial charge on any atom is 0.335 e. The Kier molecular flexibility index (Phi) is 5.23. The summed E-state index contributed by atoms with van der Waals surface area (Å²) in [6.07, 6.45) is 0. The maximum absolute atomic E-state index is 12.4. The monoisotopic (exact) mass is 385 g/mol. The van der Waals surface area contributed by atoms with Crippen molar-refractivity contribution >= 4 is 41.0 Å². The molecule has 27 heavy (non-hydrogen) atoms. The molecule has 0 saturated carbocycles. The van der Waals surface area contributed by atoms with Gasteiger partial charge in [0.25, 0.3) is 0 Å². The van der Waals surface area contributed by atoms with E-state index in [0.717, 1.165) is 10.5 Å². The van der Waals surface area contributed by atoms with Crippen LogP contribution in [0.2, 0.25) is 5.02 Å². The summed E-state index contributed by atoms with van der Waals surface area (Å²) < 4.78 is 0. The first-order chi connectivity index (χ1) is 12.9. The molecule has 2 aromatic rings. The highest BCUT2D eigenvalue weighted by atomic mass is 35.5. The lowest BCUT2D eigenvalue weighted by molar-refractivity contribution is -0.143. The minimum Gasteiger partial charge on any atom is -0.324 e. The molecule has 1 aliphatic rings. The van der Waals surface area contributed by atoms with Crippen LogP contribution in [0.1, 0.15) is 11.1 Å². The molecule has 0 unspecified atom stereocenters. The number of nitrogens with one attached hydrogen (secondary N) is 1. The van der Waals surface area contributed by atoms with E-state index in [2.05, 4.69) is 5.32 Å². The molecule has 0 atom stereocenters. The highest BCUT2D eigenvalue weighted by molar-refractivity contribution is 6.45. The fraction of sp³-hybridized carbons (Fsp3) is 0.158. The molecule has 1 saturated heterocycles. The Morgan fingerprint density at radius 2 is 1.67 bits per heavy atom. The van der Waals surface area contributed by atoms with Gasteiger partial charge in [0.15, 0.2) is 0 Å². The highest BCUT2D eigenvalue weighted by Gasteiger charge is 2.45. The molecule has 5 amide bonds. The van der Waals surface area contributed by atoms with E-state index >= 15 is 0 Å². The molecule has 1 fully saturated rings. The topological polar surface area (TPSA) is 86.8 Å². The number of aryl methyl sites for hydroxylation is 1. The number of rotatable bonds is 5. The zero-order chi connectivity index (χ0) is 19.6. The first kappa shape index (κ1) is 18.6. The number of nitrogens with zero attached hydrogens (tertiary/aromatic N) is 2. The number of amides is 5. The molecule has 0 radical (unpaired) electrons. The molecule has 7 nitrogen and oxygen atoms in total. The Morgan fingerprint density at radius 1 is 1.00 bits per heavy atom. The van der Waals surface area contributed by atoms with Gasteiger partial charge in [-0.25, -0.2) is 9.69 Å². The number of anilines is 1. The van der Waals surface area contributed by atoms with Gasteiger partial charge < -0.3 is 5.32 Å². The molecule has 1 heterocycles. The third kappa shape index (κ3) is 3.98. The number of imide groups is 2. The Morgan fingerprint density at radius 3 is 2.37 bits per heavy atom. The lowest BCUT2D eigenvalue weighted by Crippen LogP contribution is -2.39. The quantitative estimate of drug-likeness (QED) is 0.633. The Balaban J connectivity index is 1.70. The first-order valence-electron chi connectivity index (χ1n) is 8.14. The molecule has 1 N–H and O–H groups in total. The van der Waals surface area contributed by atoms with E-state index < -0.39 is 30.3 Å². The molecule has 1 aliphatic heterocycles. The van der Waals surface area contributed by atoms with Crippen molar-refractivity contribution in [1.82, 2.24) is 9.80 Å². The molecule has 3 rings (SSSR count). The molecule has 2 aromatic carbocycles. The van der Waals surface area contributed by atoms with Crippen molar-refractivity contribution in [2.45, 2.75) is 13.5 Å². The van der Waals surface area contributed by atoms with Crippen molar-refractivity contribution in [2.24, 2.45) is 0 Å². The van der Waals surface area contributed by atoms with Crippen molar-refractivity contribution in [2.75, 3.05) is 11.9 Å². The van der Waals surface area contributed by atoms with Crippen LogP contribution in [0.4, 0.5) is 10.5 Å². The van der Waals surface area contributed by atoms with E-state index in [1.165, 1.54) is 0 Å². The summed E-state index contributed by atoms with van der Waals surface area (Å²) in [6, 6.07) is 13.0. The van der Waals surface area contributed by atoms with Gasteiger partial charge in [0, 0.05) is 10.7 Å². The van der Waals surface area contributed by atoms with Crippen LogP contribution < -0.4 is 5.32 Å². The zero-order valence-electron chi connectivity index (χ0n) is 14.4. The zero-order valence-corrected chi connectivity index (χ0v) is 15.2. The largest absolute Gasteiger partial charge is 0.335 e. The third-order valence-electron chi connectivity index (χ3n) is 4.09. The van der Waals surface area contributed by atoms with Gasteiger partial charge in [-0.15, -0.1) is 0 Å². The predicted molar refractivity (Wildman–Crippen MR) is 98.9 cm³/mol. The van der Waals surface area contributed by atoms with Gasteiger partial charge in [-0.3, -0.25) is 19.3 Å². The fourth-order valence-corrected chi connectivity index (χ4v) is 2.83. The van der Waals surface area contributed by atoms with Crippen molar-refractivity contribution < 1.29 is 19.2 Å². The number of benzene rings is 2. The lowest BCUT2D eigenvalue weighted by Gasteiger charge is -2.16. The summed E-state index contributed by atoms with van der Waals surface area (Å²) in [5.41, 5.74) is 1.94. The van der Waals surface area contributed by atoms with Gasteiger partial charge in [0.05, 0.1) is 6.54 Å². The van der Waals surface area contributed by atoms with E-state index in [9.17, 15) is 19.2 Å². The van der Waals surface area contributed by atoms with E-state index in [4.69, 9.17) is 11.6 Å². The fourth-order valence-electron chi connectivity index (χ4n) is 2.66. The Labute approximate surface area is 160 Å². The summed E-state index contributed by atoms with van der Waals surface area (Å²) in [7, 11) is 0. The third-order valence-corrected chi connectivity index (χ3v) is 4.33. The standard InChI is InChI=1S/C19H16ClN3O4/c1-12-7-8-14(20)9-15(12)21-16(24)11-23-18(26)17(25)22(19(23)27)10-13-5-3-2-4-6-13/h2-9H,10-11H2,1H3,(H,21,24). The molecular weight excluding hydrogens is 370 g/mol.